The second-order valence-electron chi connectivity index (χ2n) is 4.49. The summed E-state index contributed by atoms with van der Waals surface area (Å²) in [5, 5.41) is 8.99. The van der Waals surface area contributed by atoms with E-state index >= 15 is 0 Å². The van der Waals surface area contributed by atoms with Gasteiger partial charge >= 0.3 is 11.9 Å². The number of carboxylic acid groups (broad SMARTS) is 1. The minimum Gasteiger partial charge on any atom is -0.478 e. The second-order valence-corrected chi connectivity index (χ2v) is 4.49. The highest BCUT2D eigenvalue weighted by Crippen LogP contribution is 2.28. The Kier molecular flexibility index (Phi) is 5.62. The van der Waals surface area contributed by atoms with E-state index in [0.29, 0.717) is 6.42 Å². The van der Waals surface area contributed by atoms with Gasteiger partial charge in [0.25, 0.3) is 0 Å². The van der Waals surface area contributed by atoms with Crippen molar-refractivity contribution < 1.29 is 19.4 Å². The summed E-state index contributed by atoms with van der Waals surface area (Å²) in [5.41, 5.74) is -0.0861. The summed E-state index contributed by atoms with van der Waals surface area (Å²) >= 11 is 0. The van der Waals surface area contributed by atoms with E-state index in [0.717, 1.165) is 19.3 Å². The first-order chi connectivity index (χ1) is 8.57. The molecule has 0 aromatic carbocycles. The molecule has 1 heterocycles. The summed E-state index contributed by atoms with van der Waals surface area (Å²) in [7, 11) is 0. The molecule has 1 aliphatic rings. The largest absolute Gasteiger partial charge is 0.478 e. The monoisotopic (exact) mass is 252 g/mol. The van der Waals surface area contributed by atoms with E-state index in [2.05, 4.69) is 13.5 Å². The van der Waals surface area contributed by atoms with E-state index < -0.39 is 11.9 Å². The van der Waals surface area contributed by atoms with Gasteiger partial charge in [0.05, 0.1) is 5.57 Å². The second kappa shape index (κ2) is 6.99. The molecular formula is C14H20O4. The van der Waals surface area contributed by atoms with Gasteiger partial charge in [0.2, 0.25) is 0 Å². The average molecular weight is 252 g/mol. The number of aliphatic carboxylic acids is 1. The van der Waals surface area contributed by atoms with Crippen LogP contribution in [0.4, 0.5) is 0 Å². The van der Waals surface area contributed by atoms with Crippen molar-refractivity contribution in [3.8, 4) is 0 Å². The predicted molar refractivity (Wildman–Crippen MR) is 67.9 cm³/mol. The molecule has 0 aliphatic carbocycles. The number of carbonyl (C=O) groups excluding carboxylic acids is 1. The molecule has 0 fully saturated rings. The fraction of sp³-hybridized carbons (Fsp3) is 0.571. The van der Waals surface area contributed by atoms with E-state index in [1.807, 2.05) is 0 Å². The smallest absolute Gasteiger partial charge is 0.343 e. The first-order valence-electron chi connectivity index (χ1n) is 6.45. The van der Waals surface area contributed by atoms with Crippen molar-refractivity contribution in [2.75, 3.05) is 0 Å². The maximum Gasteiger partial charge on any atom is 0.343 e. The highest BCUT2D eigenvalue weighted by molar-refractivity contribution is 6.09. The Morgan fingerprint density at radius 1 is 1.22 bits per heavy atom. The SMILES string of the molecule is C=C1C(=O)OC(CCCCCCCC)=C1C(=O)O. The van der Waals surface area contributed by atoms with Gasteiger partial charge in [-0.15, -0.1) is 0 Å². The van der Waals surface area contributed by atoms with Crippen molar-refractivity contribution in [1.29, 1.82) is 0 Å². The molecule has 4 nitrogen and oxygen atoms in total. The molecule has 0 saturated heterocycles. The van der Waals surface area contributed by atoms with Crippen molar-refractivity contribution in [1.82, 2.24) is 0 Å². The molecule has 0 radical (unpaired) electrons. The molecule has 1 N–H and O–H groups in total. The summed E-state index contributed by atoms with van der Waals surface area (Å²) in [5.74, 6) is -1.49. The lowest BCUT2D eigenvalue weighted by atomic mass is 10.0. The summed E-state index contributed by atoms with van der Waals surface area (Å²) < 4.78 is 4.94. The van der Waals surface area contributed by atoms with Crippen LogP contribution in [-0.4, -0.2) is 17.0 Å². The third-order valence-corrected chi connectivity index (χ3v) is 3.01. The molecule has 18 heavy (non-hydrogen) atoms. The van der Waals surface area contributed by atoms with Crippen molar-refractivity contribution >= 4 is 11.9 Å². The van der Waals surface area contributed by atoms with E-state index in [4.69, 9.17) is 9.84 Å². The van der Waals surface area contributed by atoms with E-state index in [1.165, 1.54) is 19.3 Å². The van der Waals surface area contributed by atoms with Crippen LogP contribution >= 0.6 is 0 Å². The Hall–Kier alpha value is -1.58. The van der Waals surface area contributed by atoms with Gasteiger partial charge in [0.1, 0.15) is 11.3 Å². The minimum atomic E-state index is -1.13. The van der Waals surface area contributed by atoms with Crippen molar-refractivity contribution in [2.45, 2.75) is 51.9 Å². The van der Waals surface area contributed by atoms with Gasteiger partial charge in [-0.2, -0.15) is 0 Å². The normalized spacial score (nSPS) is 15.2. The van der Waals surface area contributed by atoms with E-state index in [9.17, 15) is 9.59 Å². The summed E-state index contributed by atoms with van der Waals surface area (Å²) in [6.07, 6.45) is 7.14. The Labute approximate surface area is 107 Å². The van der Waals surface area contributed by atoms with Crippen molar-refractivity contribution in [3.63, 3.8) is 0 Å². The Morgan fingerprint density at radius 3 is 2.44 bits per heavy atom. The van der Waals surface area contributed by atoms with Crippen LogP contribution in [0.25, 0.3) is 0 Å². The van der Waals surface area contributed by atoms with Crippen LogP contribution in [0.15, 0.2) is 23.5 Å². The van der Waals surface area contributed by atoms with Crippen LogP contribution < -0.4 is 0 Å². The molecule has 100 valence electrons. The van der Waals surface area contributed by atoms with Crippen LogP contribution in [0.5, 0.6) is 0 Å². The van der Waals surface area contributed by atoms with Crippen LogP contribution in [0.2, 0.25) is 0 Å². The molecule has 0 aromatic heterocycles. The number of hydrogen-bond donors (Lipinski definition) is 1. The van der Waals surface area contributed by atoms with Gasteiger partial charge in [0, 0.05) is 6.42 Å². The lowest BCUT2D eigenvalue weighted by Gasteiger charge is -2.03. The maximum atomic E-state index is 11.2. The fourth-order valence-corrected chi connectivity index (χ4v) is 1.99. The highest BCUT2D eigenvalue weighted by Gasteiger charge is 2.32. The highest BCUT2D eigenvalue weighted by atomic mass is 16.5. The number of cyclic esters (lactones) is 1. The zero-order valence-corrected chi connectivity index (χ0v) is 10.8. The van der Waals surface area contributed by atoms with Gasteiger partial charge in [-0.05, 0) is 6.42 Å². The molecule has 0 saturated carbocycles. The van der Waals surface area contributed by atoms with Crippen LogP contribution in [0.1, 0.15) is 51.9 Å². The van der Waals surface area contributed by atoms with Gasteiger partial charge < -0.3 is 9.84 Å². The van der Waals surface area contributed by atoms with Crippen LogP contribution in [0, 0.1) is 0 Å². The Bertz CT molecular complexity index is 379. The van der Waals surface area contributed by atoms with E-state index in [1.54, 1.807) is 0 Å². The number of carboxylic acids is 1. The quantitative estimate of drug-likeness (QED) is 0.409. The summed E-state index contributed by atoms with van der Waals surface area (Å²) in [6, 6.07) is 0. The predicted octanol–water partition coefficient (Wildman–Crippen LogP) is 3.19. The molecule has 1 rings (SSSR count). The number of unbranched alkanes of at least 4 members (excludes halogenated alkanes) is 5. The van der Waals surface area contributed by atoms with Crippen molar-refractivity contribution in [3.05, 3.63) is 23.5 Å². The molecular weight excluding hydrogens is 232 g/mol. The minimum absolute atomic E-state index is 0.0384. The molecule has 0 aromatic rings. The molecule has 0 amide bonds. The molecule has 0 spiro atoms. The number of carbonyl (C=O) groups is 2. The molecule has 0 bridgehead atoms. The van der Waals surface area contributed by atoms with E-state index in [-0.39, 0.29) is 16.9 Å². The van der Waals surface area contributed by atoms with Crippen molar-refractivity contribution in [2.24, 2.45) is 0 Å². The van der Waals surface area contributed by atoms with Crippen LogP contribution in [-0.2, 0) is 14.3 Å². The number of esters is 1. The number of hydrogen-bond acceptors (Lipinski definition) is 3. The Balaban J connectivity index is 2.42. The zero-order chi connectivity index (χ0) is 13.5. The van der Waals surface area contributed by atoms with Gasteiger partial charge in [-0.3, -0.25) is 0 Å². The molecule has 4 heteroatoms. The Morgan fingerprint density at radius 2 is 1.83 bits per heavy atom. The zero-order valence-electron chi connectivity index (χ0n) is 10.8. The average Bonchev–Trinajstić information content (AvgIpc) is 2.59. The molecule has 0 atom stereocenters. The standard InChI is InChI=1S/C14H20O4/c1-3-4-5-6-7-8-9-11-12(13(15)16)10(2)14(17)18-11/h2-9H2,1H3,(H,15,16). The first-order valence-corrected chi connectivity index (χ1v) is 6.45. The van der Waals surface area contributed by atoms with Crippen LogP contribution in [0.3, 0.4) is 0 Å². The first kappa shape index (κ1) is 14.5. The number of rotatable bonds is 8. The lowest BCUT2D eigenvalue weighted by molar-refractivity contribution is -0.134. The lowest BCUT2D eigenvalue weighted by Crippen LogP contribution is -2.04. The summed E-state index contributed by atoms with van der Waals surface area (Å²) in [6.45, 7) is 5.60. The summed E-state index contributed by atoms with van der Waals surface area (Å²) in [4.78, 5) is 22.2. The molecule has 0 unspecified atom stereocenters. The third-order valence-electron chi connectivity index (χ3n) is 3.01. The number of allylic oxidation sites excluding steroid dienone is 1. The maximum absolute atomic E-state index is 11.2. The van der Waals surface area contributed by atoms with Gasteiger partial charge in [-0.25, -0.2) is 9.59 Å². The number of ether oxygens (including phenoxy) is 1. The topological polar surface area (TPSA) is 63.6 Å². The molecule has 1 aliphatic heterocycles. The van der Waals surface area contributed by atoms with Gasteiger partial charge in [0.15, 0.2) is 0 Å². The third kappa shape index (κ3) is 3.72. The fourth-order valence-electron chi connectivity index (χ4n) is 1.99. The van der Waals surface area contributed by atoms with Gasteiger partial charge in [-0.1, -0.05) is 45.6 Å².